The van der Waals surface area contributed by atoms with Crippen molar-refractivity contribution in [2.24, 2.45) is 5.92 Å². The number of hydrogen-bond acceptors (Lipinski definition) is 5. The highest BCUT2D eigenvalue weighted by Gasteiger charge is 2.38. The average Bonchev–Trinajstić information content (AvgIpc) is 3.10. The topological polar surface area (TPSA) is 69.6 Å². The monoisotopic (exact) mass is 429 g/mol. The van der Waals surface area contributed by atoms with Gasteiger partial charge in [-0.25, -0.2) is 9.97 Å². The van der Waals surface area contributed by atoms with Crippen molar-refractivity contribution in [1.82, 2.24) is 14.9 Å². The van der Waals surface area contributed by atoms with Crippen LogP contribution in [0.4, 0.5) is 11.6 Å². The van der Waals surface area contributed by atoms with E-state index in [0.717, 1.165) is 10.2 Å². The molecule has 0 bridgehead atoms. The standard InChI is InChI=1S/C19H20BrN5O2/c20-15-4-1-2-5-16(15)25-13-14(12-17(25)26)18(27)23-8-10-24(11-9-23)19-21-6-3-7-22-19/h1-7,14H,8-13H2/t14-/m0/s1. The lowest BCUT2D eigenvalue weighted by Crippen LogP contribution is -2.51. The maximum absolute atomic E-state index is 12.9. The summed E-state index contributed by atoms with van der Waals surface area (Å²) in [6, 6.07) is 9.40. The molecule has 0 saturated carbocycles. The first-order valence-corrected chi connectivity index (χ1v) is 9.78. The van der Waals surface area contributed by atoms with Crippen molar-refractivity contribution >= 4 is 39.4 Å². The number of hydrogen-bond donors (Lipinski definition) is 0. The second kappa shape index (κ2) is 7.64. The third-order valence-electron chi connectivity index (χ3n) is 5.04. The number of benzene rings is 1. The molecule has 0 spiro atoms. The SMILES string of the molecule is O=C([C@H]1CC(=O)N(c2ccccc2Br)C1)N1CCN(c2ncccn2)CC1. The maximum atomic E-state index is 12.9. The summed E-state index contributed by atoms with van der Waals surface area (Å²) in [5.74, 6) is 0.466. The number of para-hydroxylation sites is 1. The van der Waals surface area contributed by atoms with E-state index >= 15 is 0 Å². The molecule has 140 valence electrons. The molecule has 2 aliphatic heterocycles. The number of aromatic nitrogens is 2. The molecule has 27 heavy (non-hydrogen) atoms. The van der Waals surface area contributed by atoms with E-state index in [4.69, 9.17) is 0 Å². The molecule has 1 aromatic carbocycles. The number of anilines is 2. The molecule has 8 heteroatoms. The van der Waals surface area contributed by atoms with Gasteiger partial charge in [-0.3, -0.25) is 9.59 Å². The Hall–Kier alpha value is -2.48. The largest absolute Gasteiger partial charge is 0.339 e. The van der Waals surface area contributed by atoms with Gasteiger partial charge in [0.25, 0.3) is 0 Å². The molecular formula is C19H20BrN5O2. The Balaban J connectivity index is 1.38. The predicted octanol–water partition coefficient (Wildman–Crippen LogP) is 1.94. The smallest absolute Gasteiger partial charge is 0.228 e. The first kappa shape index (κ1) is 17.9. The molecule has 7 nitrogen and oxygen atoms in total. The van der Waals surface area contributed by atoms with Gasteiger partial charge in [-0.05, 0) is 34.1 Å². The van der Waals surface area contributed by atoms with Crippen molar-refractivity contribution in [2.75, 3.05) is 42.5 Å². The zero-order valence-electron chi connectivity index (χ0n) is 14.8. The molecule has 3 heterocycles. The van der Waals surface area contributed by atoms with Gasteiger partial charge in [0.2, 0.25) is 17.8 Å². The highest BCUT2D eigenvalue weighted by Crippen LogP contribution is 2.32. The number of carbonyl (C=O) groups is 2. The lowest BCUT2D eigenvalue weighted by molar-refractivity contribution is -0.136. The minimum atomic E-state index is -0.288. The number of amides is 2. The molecule has 2 fully saturated rings. The van der Waals surface area contributed by atoms with E-state index in [2.05, 4.69) is 30.8 Å². The number of nitrogens with zero attached hydrogens (tertiary/aromatic N) is 5. The van der Waals surface area contributed by atoms with Gasteiger partial charge >= 0.3 is 0 Å². The van der Waals surface area contributed by atoms with Crippen LogP contribution in [0.3, 0.4) is 0 Å². The van der Waals surface area contributed by atoms with Crippen molar-refractivity contribution in [3.05, 3.63) is 47.2 Å². The Labute approximate surface area is 166 Å². The van der Waals surface area contributed by atoms with Gasteiger partial charge in [0.15, 0.2) is 0 Å². The van der Waals surface area contributed by atoms with Crippen molar-refractivity contribution in [3.63, 3.8) is 0 Å². The van der Waals surface area contributed by atoms with Crippen LogP contribution in [0.15, 0.2) is 47.2 Å². The van der Waals surface area contributed by atoms with Crippen LogP contribution in [0, 0.1) is 5.92 Å². The molecule has 1 aromatic heterocycles. The minimum absolute atomic E-state index is 0.00317. The van der Waals surface area contributed by atoms with Crippen molar-refractivity contribution in [2.45, 2.75) is 6.42 Å². The summed E-state index contributed by atoms with van der Waals surface area (Å²) in [6.07, 6.45) is 3.71. The lowest BCUT2D eigenvalue weighted by Gasteiger charge is -2.35. The molecule has 2 amide bonds. The average molecular weight is 430 g/mol. The zero-order valence-corrected chi connectivity index (χ0v) is 16.4. The maximum Gasteiger partial charge on any atom is 0.228 e. The van der Waals surface area contributed by atoms with Gasteiger partial charge < -0.3 is 14.7 Å². The first-order valence-electron chi connectivity index (χ1n) is 8.99. The van der Waals surface area contributed by atoms with Crippen LogP contribution in [0.1, 0.15) is 6.42 Å². The summed E-state index contributed by atoms with van der Waals surface area (Å²) in [5.41, 5.74) is 0.823. The Morgan fingerprint density at radius 2 is 1.74 bits per heavy atom. The van der Waals surface area contributed by atoms with Gasteiger partial charge in [-0.2, -0.15) is 0 Å². The van der Waals surface area contributed by atoms with Gasteiger partial charge in [0, 0.05) is 56.0 Å². The van der Waals surface area contributed by atoms with E-state index in [-0.39, 0.29) is 24.2 Å². The quantitative estimate of drug-likeness (QED) is 0.745. The van der Waals surface area contributed by atoms with E-state index in [0.29, 0.717) is 38.7 Å². The molecule has 0 aliphatic carbocycles. The van der Waals surface area contributed by atoms with E-state index in [9.17, 15) is 9.59 Å². The van der Waals surface area contributed by atoms with Crippen molar-refractivity contribution < 1.29 is 9.59 Å². The van der Waals surface area contributed by atoms with Crippen molar-refractivity contribution in [3.8, 4) is 0 Å². The van der Waals surface area contributed by atoms with Crippen LogP contribution in [0.2, 0.25) is 0 Å². The molecule has 2 aromatic rings. The fraction of sp³-hybridized carbons (Fsp3) is 0.368. The van der Waals surface area contributed by atoms with Crippen LogP contribution < -0.4 is 9.80 Å². The molecule has 0 N–H and O–H groups in total. The predicted molar refractivity (Wildman–Crippen MR) is 105 cm³/mol. The van der Waals surface area contributed by atoms with Crippen LogP contribution >= 0.6 is 15.9 Å². The lowest BCUT2D eigenvalue weighted by atomic mass is 10.1. The molecule has 0 radical (unpaired) electrons. The van der Waals surface area contributed by atoms with E-state index in [1.54, 1.807) is 23.4 Å². The Morgan fingerprint density at radius 1 is 1.04 bits per heavy atom. The number of rotatable bonds is 3. The molecule has 2 saturated heterocycles. The van der Waals surface area contributed by atoms with Crippen LogP contribution in [-0.4, -0.2) is 59.4 Å². The molecule has 2 aliphatic rings. The summed E-state index contributed by atoms with van der Waals surface area (Å²) in [7, 11) is 0. The van der Waals surface area contributed by atoms with Gasteiger partial charge in [-0.1, -0.05) is 12.1 Å². The fourth-order valence-corrected chi connectivity index (χ4v) is 4.11. The third-order valence-corrected chi connectivity index (χ3v) is 5.71. The second-order valence-electron chi connectivity index (χ2n) is 6.72. The summed E-state index contributed by atoms with van der Waals surface area (Å²) >= 11 is 3.49. The molecular weight excluding hydrogens is 410 g/mol. The van der Waals surface area contributed by atoms with Crippen LogP contribution in [0.25, 0.3) is 0 Å². The normalized spacial score (nSPS) is 20.3. The Kier molecular flexibility index (Phi) is 5.07. The number of piperazine rings is 1. The highest BCUT2D eigenvalue weighted by atomic mass is 79.9. The second-order valence-corrected chi connectivity index (χ2v) is 7.57. The Morgan fingerprint density at radius 3 is 2.44 bits per heavy atom. The van der Waals surface area contributed by atoms with E-state index in [1.165, 1.54) is 0 Å². The Bertz CT molecular complexity index is 839. The van der Waals surface area contributed by atoms with Gasteiger partial charge in [-0.15, -0.1) is 0 Å². The molecule has 0 unspecified atom stereocenters. The minimum Gasteiger partial charge on any atom is -0.339 e. The van der Waals surface area contributed by atoms with Gasteiger partial charge in [0.05, 0.1) is 11.6 Å². The molecule has 4 rings (SSSR count). The van der Waals surface area contributed by atoms with E-state index < -0.39 is 0 Å². The summed E-state index contributed by atoms with van der Waals surface area (Å²) in [4.78, 5) is 39.6. The fourth-order valence-electron chi connectivity index (χ4n) is 3.62. The summed E-state index contributed by atoms with van der Waals surface area (Å²) < 4.78 is 0.864. The molecule has 1 atom stereocenters. The van der Waals surface area contributed by atoms with Gasteiger partial charge in [0.1, 0.15) is 0 Å². The third kappa shape index (κ3) is 3.66. The highest BCUT2D eigenvalue weighted by molar-refractivity contribution is 9.10. The summed E-state index contributed by atoms with van der Waals surface area (Å²) in [5, 5.41) is 0. The first-order chi connectivity index (χ1) is 13.1. The number of halogens is 1. The zero-order chi connectivity index (χ0) is 18.8. The van der Waals surface area contributed by atoms with Crippen molar-refractivity contribution in [1.29, 1.82) is 0 Å². The van der Waals surface area contributed by atoms with Crippen LogP contribution in [0.5, 0.6) is 0 Å². The number of carbonyl (C=O) groups excluding carboxylic acids is 2. The van der Waals surface area contributed by atoms with Crippen LogP contribution in [-0.2, 0) is 9.59 Å². The van der Waals surface area contributed by atoms with E-state index in [1.807, 2.05) is 29.2 Å². The summed E-state index contributed by atoms with van der Waals surface area (Å²) in [6.45, 7) is 3.07.